The van der Waals surface area contributed by atoms with Gasteiger partial charge in [-0.15, -0.1) is 0 Å². The summed E-state index contributed by atoms with van der Waals surface area (Å²) in [6, 6.07) is 25.7. The van der Waals surface area contributed by atoms with Crippen molar-refractivity contribution >= 4 is 45.5 Å². The molecule has 6 aromatic rings. The maximum Gasteiger partial charge on any atom is 0.202 e. The lowest BCUT2D eigenvalue weighted by Crippen LogP contribution is -2.42. The van der Waals surface area contributed by atoms with E-state index in [9.17, 15) is 0 Å². The molecule has 0 aliphatic heterocycles. The zero-order valence-electron chi connectivity index (χ0n) is 46.0. The van der Waals surface area contributed by atoms with E-state index < -0.39 is 0 Å². The lowest BCUT2D eigenvalue weighted by molar-refractivity contribution is -0.256. The fourth-order valence-electron chi connectivity index (χ4n) is 9.15. The predicted molar refractivity (Wildman–Crippen MR) is 313 cm³/mol. The number of hydrogen-bond donors (Lipinski definition) is 8. The second kappa shape index (κ2) is 22.6. The first-order valence-electron chi connectivity index (χ1n) is 24.6. The van der Waals surface area contributed by atoms with Gasteiger partial charge in [0, 0.05) is 61.9 Å². The SMILES string of the molecule is CC1=CC(=C2C=C(C)C(=[NH2+])C(C)=C2)C=C(C)C1=[NH2+].Cc1cc(-c2cc(C)c(N)c(C)c2)cc(C)c1N.Cc1cc(-c2cc(C)c(N)c(C)c2)cc(C)c1N.Cc1cc(-c2cc(C)c([NH3+])c(C)c2)cc(C)c1N. The summed E-state index contributed by atoms with van der Waals surface area (Å²) in [4.78, 5) is 0. The van der Waals surface area contributed by atoms with Crippen molar-refractivity contribution in [3.05, 3.63) is 197 Å². The van der Waals surface area contributed by atoms with Crippen molar-refractivity contribution < 1.29 is 16.6 Å². The zero-order chi connectivity index (χ0) is 53.8. The largest absolute Gasteiger partial charge is 0.398 e. The molecule has 0 saturated heterocycles. The summed E-state index contributed by atoms with van der Waals surface area (Å²) >= 11 is 0. The maximum absolute atomic E-state index is 6.00. The van der Waals surface area contributed by atoms with Crippen LogP contribution in [0.4, 0.5) is 34.1 Å². The second-order valence-corrected chi connectivity index (χ2v) is 20.3. The Labute approximate surface area is 430 Å². The Kier molecular flexibility index (Phi) is 17.3. The highest BCUT2D eigenvalue weighted by Gasteiger charge is 2.20. The van der Waals surface area contributed by atoms with Crippen molar-refractivity contribution in [3.8, 4) is 33.4 Å². The lowest BCUT2D eigenvalue weighted by Gasteiger charge is -2.14. The Morgan fingerprint density at radius 2 is 0.403 bits per heavy atom. The third-order valence-electron chi connectivity index (χ3n) is 14.2. The summed E-state index contributed by atoms with van der Waals surface area (Å²) in [6.45, 7) is 32.9. The molecule has 17 N–H and O–H groups in total. The zero-order valence-corrected chi connectivity index (χ0v) is 46.0. The van der Waals surface area contributed by atoms with E-state index in [1.807, 2.05) is 83.1 Å². The summed E-state index contributed by atoms with van der Waals surface area (Å²) in [5.41, 5.74) is 69.2. The maximum atomic E-state index is 6.00. The second-order valence-electron chi connectivity index (χ2n) is 20.3. The minimum atomic E-state index is 0.877. The highest BCUT2D eigenvalue weighted by Crippen LogP contribution is 2.34. The van der Waals surface area contributed by atoms with Gasteiger partial charge in [-0.25, -0.2) is 0 Å². The number of allylic oxidation sites excluding steroid dienone is 10. The average molecular weight is 962 g/mol. The third kappa shape index (κ3) is 12.6. The molecular weight excluding hydrogens is 881 g/mol. The number of benzene rings is 6. The molecule has 2 aliphatic rings. The van der Waals surface area contributed by atoms with Gasteiger partial charge in [0.15, 0.2) is 0 Å². The molecule has 8 rings (SSSR count). The van der Waals surface area contributed by atoms with Crippen molar-refractivity contribution in [1.82, 2.24) is 0 Å². The summed E-state index contributed by atoms with van der Waals surface area (Å²) in [7, 11) is 0. The number of aryl methyl sites for hydroxylation is 12. The number of anilines is 5. The molecule has 2 aliphatic carbocycles. The Bertz CT molecular complexity index is 2660. The molecule has 6 aromatic carbocycles. The minimum absolute atomic E-state index is 0.877. The van der Waals surface area contributed by atoms with Gasteiger partial charge in [-0.05, 0) is 308 Å². The van der Waals surface area contributed by atoms with E-state index in [0.717, 1.165) is 123 Å². The van der Waals surface area contributed by atoms with Crippen LogP contribution in [0.2, 0.25) is 0 Å². The van der Waals surface area contributed by atoms with Gasteiger partial charge in [0.25, 0.3) is 0 Å². The quantitative estimate of drug-likeness (QED) is 0.0812. The van der Waals surface area contributed by atoms with Crippen LogP contribution in [0.1, 0.15) is 94.5 Å². The molecule has 0 fully saturated rings. The number of rotatable bonds is 3. The van der Waals surface area contributed by atoms with Crippen LogP contribution < -0.4 is 45.2 Å². The molecule has 0 unspecified atom stereocenters. The molecule has 72 heavy (non-hydrogen) atoms. The van der Waals surface area contributed by atoms with E-state index in [4.69, 9.17) is 39.5 Å². The van der Waals surface area contributed by atoms with E-state index in [1.165, 1.54) is 55.7 Å². The molecule has 0 atom stereocenters. The molecule has 0 aromatic heterocycles. The summed E-state index contributed by atoms with van der Waals surface area (Å²) < 4.78 is 0. The molecule has 0 heterocycles. The van der Waals surface area contributed by atoms with Crippen LogP contribution in [0.15, 0.2) is 131 Å². The number of nitrogens with two attached hydrogens (primary N) is 7. The standard InChI is InChI=1S/3C16H20N2.C16H18N2/c4*1-9-5-13(6-10(2)15(9)17)14-7-11(3)16(18)12(4)8-14/h3*5-8H,17-18H2,1-4H3;5-8,17-18H,1-4H3/p+3. The molecule has 0 spiro atoms. The third-order valence-corrected chi connectivity index (χ3v) is 14.2. The average Bonchev–Trinajstić information content (AvgIpc) is 3.32. The Morgan fingerprint density at radius 1 is 0.264 bits per heavy atom. The number of hydrogen-bond acceptors (Lipinski definition) is 5. The molecule has 0 saturated carbocycles. The van der Waals surface area contributed by atoms with Gasteiger partial charge in [-0.3, -0.25) is 10.8 Å². The molecule has 8 nitrogen and oxygen atoms in total. The van der Waals surface area contributed by atoms with E-state index in [2.05, 4.69) is 131 Å². The Hall–Kier alpha value is -7.68. The van der Waals surface area contributed by atoms with E-state index in [1.54, 1.807) is 0 Å². The van der Waals surface area contributed by atoms with Gasteiger partial charge in [0.05, 0.1) is 0 Å². The van der Waals surface area contributed by atoms with Crippen molar-refractivity contribution in [2.75, 3.05) is 28.7 Å². The molecule has 0 bridgehead atoms. The minimum Gasteiger partial charge on any atom is -0.398 e. The predicted octanol–water partition coefficient (Wildman–Crippen LogP) is 11.0. The Balaban J connectivity index is 0.000000178. The highest BCUT2D eigenvalue weighted by molar-refractivity contribution is 6.11. The fourth-order valence-corrected chi connectivity index (χ4v) is 9.15. The first kappa shape index (κ1) is 55.2. The van der Waals surface area contributed by atoms with Crippen LogP contribution >= 0.6 is 0 Å². The lowest BCUT2D eigenvalue weighted by atomic mass is 9.88. The summed E-state index contributed by atoms with van der Waals surface area (Å²) in [5, 5.41) is 12.0. The number of nitrogen functional groups attached to an aromatic ring is 5. The van der Waals surface area contributed by atoms with Gasteiger partial charge in [0.1, 0.15) is 5.69 Å². The van der Waals surface area contributed by atoms with Gasteiger partial charge in [-0.1, -0.05) is 0 Å². The van der Waals surface area contributed by atoms with E-state index in [0.29, 0.717) is 0 Å². The fraction of sp³-hybridized carbons (Fsp3) is 0.250. The van der Waals surface area contributed by atoms with Crippen LogP contribution in [0.25, 0.3) is 33.4 Å². The molecular formula is C64H81N8+3. The van der Waals surface area contributed by atoms with Crippen LogP contribution in [-0.4, -0.2) is 11.4 Å². The monoisotopic (exact) mass is 962 g/mol. The van der Waals surface area contributed by atoms with Crippen molar-refractivity contribution in [2.24, 2.45) is 0 Å². The molecule has 0 radical (unpaired) electrons. The van der Waals surface area contributed by atoms with Crippen LogP contribution in [0.5, 0.6) is 0 Å². The highest BCUT2D eigenvalue weighted by atomic mass is 14.6. The summed E-state index contributed by atoms with van der Waals surface area (Å²) in [5.74, 6) is 0. The molecule has 0 amide bonds. The van der Waals surface area contributed by atoms with Gasteiger partial charge in [-0.2, -0.15) is 0 Å². The van der Waals surface area contributed by atoms with Crippen LogP contribution in [0, 0.1) is 83.1 Å². The van der Waals surface area contributed by atoms with Gasteiger partial charge in [0.2, 0.25) is 11.4 Å². The van der Waals surface area contributed by atoms with Crippen molar-refractivity contribution in [2.45, 2.75) is 111 Å². The first-order chi connectivity index (χ1) is 33.6. The molecule has 374 valence electrons. The van der Waals surface area contributed by atoms with E-state index >= 15 is 0 Å². The van der Waals surface area contributed by atoms with Crippen LogP contribution in [-0.2, 0) is 0 Å². The first-order valence-corrected chi connectivity index (χ1v) is 24.6. The number of quaternary nitrogens is 1. The topological polar surface area (TPSA) is 209 Å². The van der Waals surface area contributed by atoms with Crippen LogP contribution in [0.3, 0.4) is 0 Å². The van der Waals surface area contributed by atoms with Crippen molar-refractivity contribution in [1.29, 1.82) is 0 Å². The van der Waals surface area contributed by atoms with Gasteiger partial charge >= 0.3 is 0 Å². The van der Waals surface area contributed by atoms with E-state index in [-0.39, 0.29) is 0 Å². The smallest absolute Gasteiger partial charge is 0.202 e. The summed E-state index contributed by atoms with van der Waals surface area (Å²) in [6.07, 6.45) is 8.53. The van der Waals surface area contributed by atoms with Gasteiger partial charge < -0.3 is 34.4 Å². The van der Waals surface area contributed by atoms with Crippen molar-refractivity contribution in [3.63, 3.8) is 0 Å². The Morgan fingerprint density at radius 3 is 0.556 bits per heavy atom. The normalized spacial score (nSPS) is 13.1. The molecule has 8 heteroatoms.